The highest BCUT2D eigenvalue weighted by atomic mass is 16.5. The van der Waals surface area contributed by atoms with Crippen LogP contribution in [-0.2, 0) is 11.3 Å². The molecule has 0 radical (unpaired) electrons. The lowest BCUT2D eigenvalue weighted by Crippen LogP contribution is -2.19. The molecule has 168 valence electrons. The van der Waals surface area contributed by atoms with Gasteiger partial charge in [-0.15, -0.1) is 0 Å². The number of esters is 1. The molecule has 0 atom stereocenters. The van der Waals surface area contributed by atoms with Crippen LogP contribution in [0.15, 0.2) is 95.8 Å². The summed E-state index contributed by atoms with van der Waals surface area (Å²) in [5, 5.41) is 2.79. The Morgan fingerprint density at radius 3 is 2.26 bits per heavy atom. The lowest BCUT2D eigenvalue weighted by atomic mass is 10.0. The number of aromatic nitrogens is 3. The Bertz CT molecular complexity index is 1510. The summed E-state index contributed by atoms with van der Waals surface area (Å²) in [6.45, 7) is 0.459. The first-order chi connectivity index (χ1) is 16.6. The van der Waals surface area contributed by atoms with E-state index in [-0.39, 0.29) is 11.3 Å². The van der Waals surface area contributed by atoms with Gasteiger partial charge in [-0.05, 0) is 35.4 Å². The summed E-state index contributed by atoms with van der Waals surface area (Å²) in [5.74, 6) is 0.133. The van der Waals surface area contributed by atoms with Gasteiger partial charge in [0.15, 0.2) is 5.65 Å². The summed E-state index contributed by atoms with van der Waals surface area (Å²) >= 11 is 0. The number of aromatic amines is 1. The molecule has 0 fully saturated rings. The number of carbonyl (C=O) groups excluding carboxylic acids is 1. The van der Waals surface area contributed by atoms with Crippen molar-refractivity contribution in [3.05, 3.63) is 113 Å². The number of benzene rings is 3. The summed E-state index contributed by atoms with van der Waals surface area (Å²) in [6, 6.07) is 28.2. The van der Waals surface area contributed by atoms with Gasteiger partial charge in [0.2, 0.25) is 0 Å². The highest BCUT2D eigenvalue weighted by Gasteiger charge is 2.19. The topological polar surface area (TPSA) is 85.7 Å². The monoisotopic (exact) mass is 451 g/mol. The fraction of sp³-hybridized carbons (Fsp3) is 0.0741. The van der Waals surface area contributed by atoms with Gasteiger partial charge in [0.25, 0.3) is 5.56 Å². The van der Waals surface area contributed by atoms with E-state index in [4.69, 9.17) is 14.5 Å². The largest absolute Gasteiger partial charge is 0.489 e. The molecule has 3 aromatic carbocycles. The number of nitrogens with one attached hydrogen (secondary N) is 1. The average Bonchev–Trinajstić information content (AvgIpc) is 3.33. The van der Waals surface area contributed by atoms with Crippen molar-refractivity contribution in [2.24, 2.45) is 0 Å². The van der Waals surface area contributed by atoms with Crippen LogP contribution in [0.4, 0.5) is 0 Å². The first-order valence-electron chi connectivity index (χ1n) is 10.7. The highest BCUT2D eigenvalue weighted by molar-refractivity contribution is 5.89. The first kappa shape index (κ1) is 21.2. The van der Waals surface area contributed by atoms with Gasteiger partial charge in [0.05, 0.1) is 18.4 Å². The molecule has 0 amide bonds. The van der Waals surface area contributed by atoms with Crippen LogP contribution in [0.25, 0.3) is 28.0 Å². The van der Waals surface area contributed by atoms with E-state index >= 15 is 0 Å². The molecule has 0 spiro atoms. The van der Waals surface area contributed by atoms with Gasteiger partial charge in [-0.3, -0.25) is 9.89 Å². The standard InChI is InChI=1S/C27H21N3O4/c1-33-27(32)22-16-23-28-25(24(26(31)30(23)29-22)19-10-6-3-7-11-19)20-12-14-21(15-13-20)34-17-18-8-4-2-5-9-18/h2-16,29H,17H2,1H3. The van der Waals surface area contributed by atoms with Gasteiger partial charge in [-0.1, -0.05) is 60.7 Å². The third-order valence-corrected chi connectivity index (χ3v) is 5.46. The number of methoxy groups -OCH3 is 1. The van der Waals surface area contributed by atoms with Crippen molar-refractivity contribution in [1.29, 1.82) is 0 Å². The Morgan fingerprint density at radius 2 is 1.59 bits per heavy atom. The second-order valence-electron chi connectivity index (χ2n) is 7.66. The number of ether oxygens (including phenoxy) is 2. The van der Waals surface area contributed by atoms with Crippen molar-refractivity contribution in [3.63, 3.8) is 0 Å². The molecule has 2 heterocycles. The van der Waals surface area contributed by atoms with E-state index in [1.807, 2.05) is 84.9 Å². The number of hydrogen-bond acceptors (Lipinski definition) is 5. The molecule has 5 rings (SSSR count). The van der Waals surface area contributed by atoms with E-state index in [2.05, 4.69) is 5.10 Å². The molecular formula is C27H21N3O4. The second kappa shape index (κ2) is 9.07. The quantitative estimate of drug-likeness (QED) is 0.378. The smallest absolute Gasteiger partial charge is 0.356 e. The van der Waals surface area contributed by atoms with Crippen molar-refractivity contribution < 1.29 is 14.3 Å². The summed E-state index contributed by atoms with van der Waals surface area (Å²) < 4.78 is 11.9. The summed E-state index contributed by atoms with van der Waals surface area (Å²) in [7, 11) is 1.28. The third-order valence-electron chi connectivity index (χ3n) is 5.46. The molecule has 0 bridgehead atoms. The minimum atomic E-state index is -0.576. The molecule has 1 N–H and O–H groups in total. The van der Waals surface area contributed by atoms with Crippen LogP contribution in [0.5, 0.6) is 5.75 Å². The van der Waals surface area contributed by atoms with Gasteiger partial charge in [0, 0.05) is 11.6 Å². The summed E-state index contributed by atoms with van der Waals surface area (Å²) in [4.78, 5) is 30.2. The van der Waals surface area contributed by atoms with Crippen LogP contribution in [-0.4, -0.2) is 27.7 Å². The number of fused-ring (bicyclic) bond motifs is 1. The van der Waals surface area contributed by atoms with Crippen molar-refractivity contribution in [1.82, 2.24) is 14.6 Å². The van der Waals surface area contributed by atoms with Crippen LogP contribution in [0.3, 0.4) is 0 Å². The maximum Gasteiger partial charge on any atom is 0.356 e. The summed E-state index contributed by atoms with van der Waals surface area (Å²) in [6.07, 6.45) is 0. The zero-order valence-corrected chi connectivity index (χ0v) is 18.4. The Hall–Kier alpha value is -4.65. The van der Waals surface area contributed by atoms with E-state index in [9.17, 15) is 9.59 Å². The van der Waals surface area contributed by atoms with Gasteiger partial charge >= 0.3 is 5.97 Å². The lowest BCUT2D eigenvalue weighted by molar-refractivity contribution is 0.0593. The SMILES string of the molecule is COC(=O)c1cc2nc(-c3ccc(OCc4ccccc4)cc3)c(-c3ccccc3)c(=O)n2[nH]1. The number of H-pyrrole nitrogens is 1. The summed E-state index contributed by atoms with van der Waals surface area (Å²) in [5.41, 5.74) is 3.65. The molecule has 34 heavy (non-hydrogen) atoms. The van der Waals surface area contributed by atoms with E-state index in [0.29, 0.717) is 29.3 Å². The van der Waals surface area contributed by atoms with Crippen LogP contribution >= 0.6 is 0 Å². The minimum Gasteiger partial charge on any atom is -0.489 e. The van der Waals surface area contributed by atoms with Gasteiger partial charge in [-0.25, -0.2) is 14.3 Å². The Morgan fingerprint density at radius 1 is 0.912 bits per heavy atom. The number of carbonyl (C=O) groups is 1. The predicted octanol–water partition coefficient (Wildman–Crippen LogP) is 4.72. The highest BCUT2D eigenvalue weighted by Crippen LogP contribution is 2.30. The molecule has 2 aromatic heterocycles. The van der Waals surface area contributed by atoms with Crippen molar-refractivity contribution in [3.8, 4) is 28.1 Å². The van der Waals surface area contributed by atoms with Crippen molar-refractivity contribution >= 4 is 11.6 Å². The molecule has 0 saturated heterocycles. The zero-order chi connectivity index (χ0) is 23.5. The predicted molar refractivity (Wildman–Crippen MR) is 129 cm³/mol. The van der Waals surface area contributed by atoms with E-state index < -0.39 is 5.97 Å². The Labute approximate surface area is 195 Å². The fourth-order valence-corrected chi connectivity index (χ4v) is 3.76. The van der Waals surface area contributed by atoms with Gasteiger partial charge in [-0.2, -0.15) is 0 Å². The van der Waals surface area contributed by atoms with Crippen LogP contribution in [0, 0.1) is 0 Å². The second-order valence-corrected chi connectivity index (χ2v) is 7.66. The van der Waals surface area contributed by atoms with Crippen LogP contribution in [0.1, 0.15) is 16.1 Å². The number of rotatable bonds is 6. The maximum absolute atomic E-state index is 13.5. The molecule has 0 aliphatic heterocycles. The van der Waals surface area contributed by atoms with Crippen molar-refractivity contribution in [2.75, 3.05) is 7.11 Å². The minimum absolute atomic E-state index is 0.146. The third kappa shape index (κ3) is 4.06. The Balaban J connectivity index is 1.57. The average molecular weight is 451 g/mol. The molecule has 7 nitrogen and oxygen atoms in total. The normalized spacial score (nSPS) is 10.9. The molecule has 0 saturated carbocycles. The van der Waals surface area contributed by atoms with Crippen molar-refractivity contribution in [2.45, 2.75) is 6.61 Å². The molecule has 0 unspecified atom stereocenters. The molecule has 0 aliphatic rings. The molecular weight excluding hydrogens is 430 g/mol. The van der Waals surface area contributed by atoms with E-state index in [1.54, 1.807) is 0 Å². The van der Waals surface area contributed by atoms with Gasteiger partial charge in [0.1, 0.15) is 18.1 Å². The van der Waals surface area contributed by atoms with Crippen LogP contribution in [0.2, 0.25) is 0 Å². The molecule has 5 aromatic rings. The first-order valence-corrected chi connectivity index (χ1v) is 10.7. The fourth-order valence-electron chi connectivity index (χ4n) is 3.76. The molecule has 7 heteroatoms. The zero-order valence-electron chi connectivity index (χ0n) is 18.4. The maximum atomic E-state index is 13.5. The van der Waals surface area contributed by atoms with Crippen LogP contribution < -0.4 is 10.3 Å². The number of hydrogen-bond donors (Lipinski definition) is 1. The lowest BCUT2D eigenvalue weighted by Gasteiger charge is -2.11. The molecule has 0 aliphatic carbocycles. The number of nitrogens with zero attached hydrogens (tertiary/aromatic N) is 2. The van der Waals surface area contributed by atoms with E-state index in [0.717, 1.165) is 16.7 Å². The van der Waals surface area contributed by atoms with Gasteiger partial charge < -0.3 is 9.47 Å². The Kier molecular flexibility index (Phi) is 5.66. The van der Waals surface area contributed by atoms with E-state index in [1.165, 1.54) is 17.7 Å².